The van der Waals surface area contributed by atoms with Crippen LogP contribution in [0.25, 0.3) is 0 Å². The smallest absolute Gasteiger partial charge is 0.225 e. The Morgan fingerprint density at radius 1 is 1.06 bits per heavy atom. The van der Waals surface area contributed by atoms with Gasteiger partial charge in [0.25, 0.3) is 0 Å². The van der Waals surface area contributed by atoms with E-state index in [0.29, 0.717) is 35.0 Å². The van der Waals surface area contributed by atoms with E-state index in [1.807, 2.05) is 61.5 Å². The molecule has 1 fully saturated rings. The van der Waals surface area contributed by atoms with Crippen molar-refractivity contribution in [3.63, 3.8) is 0 Å². The van der Waals surface area contributed by atoms with E-state index in [4.69, 9.17) is 23.2 Å². The monoisotopic (exact) mass is 530 g/mol. The van der Waals surface area contributed by atoms with Crippen LogP contribution in [0.2, 0.25) is 10.0 Å². The van der Waals surface area contributed by atoms with Crippen molar-refractivity contribution in [2.75, 3.05) is 13.1 Å². The van der Waals surface area contributed by atoms with Crippen LogP contribution in [0.4, 0.5) is 0 Å². The van der Waals surface area contributed by atoms with Gasteiger partial charge in [-0.2, -0.15) is 0 Å². The lowest BCUT2D eigenvalue weighted by Gasteiger charge is -2.32. The van der Waals surface area contributed by atoms with Gasteiger partial charge >= 0.3 is 0 Å². The number of sulfonamides is 1. The largest absolute Gasteiger partial charge is 0.345 e. The van der Waals surface area contributed by atoms with Gasteiger partial charge in [-0.3, -0.25) is 4.79 Å². The van der Waals surface area contributed by atoms with Crippen molar-refractivity contribution in [3.8, 4) is 0 Å². The van der Waals surface area contributed by atoms with E-state index in [1.165, 1.54) is 10.4 Å². The van der Waals surface area contributed by atoms with Gasteiger partial charge in [0.2, 0.25) is 15.9 Å². The summed E-state index contributed by atoms with van der Waals surface area (Å²) in [6, 6.07) is 22.3. The highest BCUT2D eigenvalue weighted by Crippen LogP contribution is 2.29. The fourth-order valence-electron chi connectivity index (χ4n) is 4.49. The lowest BCUT2D eigenvalue weighted by molar-refractivity contribution is -0.126. The number of piperidine rings is 1. The third-order valence-electron chi connectivity index (χ3n) is 6.42. The van der Waals surface area contributed by atoms with Gasteiger partial charge in [0, 0.05) is 23.1 Å². The number of nitrogens with one attached hydrogen (secondary N) is 1. The highest BCUT2D eigenvalue weighted by molar-refractivity contribution is 7.88. The van der Waals surface area contributed by atoms with Gasteiger partial charge in [0.05, 0.1) is 17.7 Å². The summed E-state index contributed by atoms with van der Waals surface area (Å²) >= 11 is 12.2. The molecular formula is C27H28Cl2N2O3S. The maximum absolute atomic E-state index is 13.4. The molecule has 0 aliphatic carbocycles. The Bertz CT molecular complexity index is 1300. The summed E-state index contributed by atoms with van der Waals surface area (Å²) in [6.07, 6.45) is 1.25. The number of carbonyl (C=O) groups excluding carboxylic acids is 1. The molecule has 5 nitrogen and oxygen atoms in total. The van der Waals surface area contributed by atoms with Crippen LogP contribution in [0.5, 0.6) is 0 Å². The number of aryl methyl sites for hydroxylation is 1. The first-order valence-corrected chi connectivity index (χ1v) is 13.9. The third-order valence-corrected chi connectivity index (χ3v) is 8.80. The summed E-state index contributed by atoms with van der Waals surface area (Å²) in [6.45, 7) is 2.56. The van der Waals surface area contributed by atoms with E-state index >= 15 is 0 Å². The number of hydrogen-bond donors (Lipinski definition) is 1. The second kappa shape index (κ2) is 11.1. The molecule has 0 radical (unpaired) electrons. The first kappa shape index (κ1) is 25.7. The molecule has 1 aliphatic rings. The minimum absolute atomic E-state index is 0.147. The summed E-state index contributed by atoms with van der Waals surface area (Å²) < 4.78 is 27.8. The van der Waals surface area contributed by atoms with E-state index in [0.717, 1.165) is 16.7 Å². The van der Waals surface area contributed by atoms with Crippen LogP contribution >= 0.6 is 23.2 Å². The van der Waals surface area contributed by atoms with Crippen LogP contribution < -0.4 is 5.32 Å². The zero-order chi connectivity index (χ0) is 25.0. The van der Waals surface area contributed by atoms with Gasteiger partial charge < -0.3 is 5.32 Å². The van der Waals surface area contributed by atoms with Crippen molar-refractivity contribution in [2.45, 2.75) is 31.6 Å². The average Bonchev–Trinajstić information content (AvgIpc) is 2.85. The molecule has 0 unspecified atom stereocenters. The zero-order valence-corrected chi connectivity index (χ0v) is 21.8. The molecule has 4 rings (SSSR count). The lowest BCUT2D eigenvalue weighted by Crippen LogP contribution is -2.46. The van der Waals surface area contributed by atoms with E-state index in [-0.39, 0.29) is 24.2 Å². The minimum atomic E-state index is -3.65. The SMILES string of the molecule is Cc1ccccc1[C@@H](NC(=O)[C@@H]1CCCN(S(=O)(=O)Cc2ccc(Cl)cc2Cl)C1)c1ccccc1. The quantitative estimate of drug-likeness (QED) is 0.422. The second-order valence-electron chi connectivity index (χ2n) is 8.90. The van der Waals surface area contributed by atoms with E-state index in [9.17, 15) is 13.2 Å². The van der Waals surface area contributed by atoms with Crippen LogP contribution in [0, 0.1) is 12.8 Å². The summed E-state index contributed by atoms with van der Waals surface area (Å²) in [4.78, 5) is 13.4. The molecule has 1 heterocycles. The molecule has 0 spiro atoms. The molecule has 0 saturated carbocycles. The number of amides is 1. The summed E-state index contributed by atoms with van der Waals surface area (Å²) in [7, 11) is -3.65. The van der Waals surface area contributed by atoms with Crippen molar-refractivity contribution in [2.24, 2.45) is 5.92 Å². The van der Waals surface area contributed by atoms with Gasteiger partial charge in [0.15, 0.2) is 0 Å². The fourth-order valence-corrected chi connectivity index (χ4v) is 6.69. The van der Waals surface area contributed by atoms with E-state index in [2.05, 4.69) is 5.32 Å². The topological polar surface area (TPSA) is 66.5 Å². The molecular weight excluding hydrogens is 503 g/mol. The van der Waals surface area contributed by atoms with E-state index < -0.39 is 15.9 Å². The summed E-state index contributed by atoms with van der Waals surface area (Å²) in [5.74, 6) is -0.811. The Hall–Kier alpha value is -2.38. The average molecular weight is 532 g/mol. The van der Waals surface area contributed by atoms with Gasteiger partial charge in [-0.25, -0.2) is 12.7 Å². The Morgan fingerprint density at radius 2 is 1.77 bits per heavy atom. The highest BCUT2D eigenvalue weighted by Gasteiger charge is 2.34. The molecule has 35 heavy (non-hydrogen) atoms. The number of hydrogen-bond acceptors (Lipinski definition) is 3. The molecule has 1 amide bonds. The van der Waals surface area contributed by atoms with Crippen molar-refractivity contribution in [1.82, 2.24) is 9.62 Å². The molecule has 1 aliphatic heterocycles. The zero-order valence-electron chi connectivity index (χ0n) is 19.5. The molecule has 3 aromatic carbocycles. The Kier molecular flexibility index (Phi) is 8.17. The van der Waals surface area contributed by atoms with Crippen LogP contribution in [-0.2, 0) is 20.6 Å². The normalized spacial score (nSPS) is 17.6. The maximum Gasteiger partial charge on any atom is 0.225 e. The standard InChI is InChI=1S/C27H28Cl2N2O3S/c1-19-8-5-6-12-24(19)26(20-9-3-2-4-10-20)30-27(32)21-11-7-15-31(17-21)35(33,34)18-22-13-14-23(28)16-25(22)29/h2-6,8-10,12-14,16,21,26H,7,11,15,17-18H2,1H3,(H,30,32)/t21-,26+/m1/s1. The maximum atomic E-state index is 13.4. The third kappa shape index (κ3) is 6.25. The van der Waals surface area contributed by atoms with Crippen LogP contribution in [0.15, 0.2) is 72.8 Å². The van der Waals surface area contributed by atoms with Crippen molar-refractivity contribution < 1.29 is 13.2 Å². The van der Waals surface area contributed by atoms with Gasteiger partial charge in [-0.1, -0.05) is 83.9 Å². The molecule has 2 atom stereocenters. The fraction of sp³-hybridized carbons (Fsp3) is 0.296. The van der Waals surface area contributed by atoms with Gasteiger partial charge in [-0.15, -0.1) is 0 Å². The molecule has 8 heteroatoms. The van der Waals surface area contributed by atoms with Crippen molar-refractivity contribution in [3.05, 3.63) is 105 Å². The van der Waals surface area contributed by atoms with Crippen LogP contribution in [0.1, 0.15) is 41.1 Å². The predicted octanol–water partition coefficient (Wildman–Crippen LogP) is 5.75. The Morgan fingerprint density at radius 3 is 2.49 bits per heavy atom. The van der Waals surface area contributed by atoms with Crippen molar-refractivity contribution in [1.29, 1.82) is 0 Å². The predicted molar refractivity (Wildman–Crippen MR) is 141 cm³/mol. The first-order chi connectivity index (χ1) is 16.7. The second-order valence-corrected chi connectivity index (χ2v) is 11.7. The van der Waals surface area contributed by atoms with Crippen LogP contribution in [-0.4, -0.2) is 31.7 Å². The molecule has 1 saturated heterocycles. The molecule has 0 aromatic heterocycles. The molecule has 1 N–H and O–H groups in total. The minimum Gasteiger partial charge on any atom is -0.345 e. The van der Waals surface area contributed by atoms with Crippen molar-refractivity contribution >= 4 is 39.1 Å². The van der Waals surface area contributed by atoms with E-state index in [1.54, 1.807) is 12.1 Å². The molecule has 0 bridgehead atoms. The van der Waals surface area contributed by atoms with Gasteiger partial charge in [0.1, 0.15) is 0 Å². The first-order valence-electron chi connectivity index (χ1n) is 11.6. The summed E-state index contributed by atoms with van der Waals surface area (Å²) in [5.41, 5.74) is 3.57. The number of halogens is 2. The highest BCUT2D eigenvalue weighted by atomic mass is 35.5. The number of nitrogens with zero attached hydrogens (tertiary/aromatic N) is 1. The Balaban J connectivity index is 1.51. The number of carbonyl (C=O) groups is 1. The van der Waals surface area contributed by atoms with Gasteiger partial charge in [-0.05, 0) is 54.2 Å². The molecule has 3 aromatic rings. The molecule has 184 valence electrons. The number of rotatable bonds is 7. The van der Waals surface area contributed by atoms with Crippen LogP contribution in [0.3, 0.4) is 0 Å². The number of benzene rings is 3. The summed E-state index contributed by atoms with van der Waals surface area (Å²) in [5, 5.41) is 3.97. The lowest BCUT2D eigenvalue weighted by atomic mass is 9.93. The Labute approximate surface area is 217 Å².